The van der Waals surface area contributed by atoms with E-state index < -0.39 is 0 Å². The molecule has 0 N–H and O–H groups in total. The molecule has 1 spiro atoms. The largest absolute Gasteiger partial charge is 0.0625 e. The van der Waals surface area contributed by atoms with E-state index in [1.54, 1.807) is 0 Å². The molecule has 2 aliphatic rings. The van der Waals surface area contributed by atoms with Crippen LogP contribution in [0, 0.1) is 35.0 Å². The molecule has 4 unspecified atom stereocenters. The van der Waals surface area contributed by atoms with Gasteiger partial charge in [-0.25, -0.2) is 0 Å². The molecule has 0 aromatic rings. The Morgan fingerprint density at radius 1 is 0.923 bits per heavy atom. The van der Waals surface area contributed by atoms with Crippen LogP contribution in [0.2, 0.25) is 0 Å². The third kappa shape index (κ3) is 0.926. The van der Waals surface area contributed by atoms with Crippen LogP contribution in [0.4, 0.5) is 0 Å². The van der Waals surface area contributed by atoms with E-state index in [0.29, 0.717) is 0 Å². The highest BCUT2D eigenvalue weighted by Gasteiger charge is 2.64. The molecule has 0 nitrogen and oxygen atoms in total. The van der Waals surface area contributed by atoms with Gasteiger partial charge in [0.1, 0.15) is 0 Å². The van der Waals surface area contributed by atoms with E-state index in [1.165, 1.54) is 12.8 Å². The molecule has 4 atom stereocenters. The number of hydrogen-bond acceptors (Lipinski definition) is 0. The van der Waals surface area contributed by atoms with Crippen LogP contribution in [0.1, 0.15) is 47.5 Å². The van der Waals surface area contributed by atoms with Crippen LogP contribution in [-0.4, -0.2) is 0 Å². The summed E-state index contributed by atoms with van der Waals surface area (Å²) in [6, 6.07) is 0. The Balaban J connectivity index is 2.19. The van der Waals surface area contributed by atoms with Crippen LogP contribution in [0.25, 0.3) is 0 Å². The predicted molar refractivity (Wildman–Crippen MR) is 57.5 cm³/mol. The van der Waals surface area contributed by atoms with Crippen molar-refractivity contribution in [2.75, 3.05) is 0 Å². The topological polar surface area (TPSA) is 0 Å². The zero-order valence-electron chi connectivity index (χ0n) is 9.80. The van der Waals surface area contributed by atoms with Gasteiger partial charge in [0.15, 0.2) is 0 Å². The first kappa shape index (κ1) is 9.55. The SMILES string of the molecule is CC(C)C1CC(C)C12C(C)CC2C. The van der Waals surface area contributed by atoms with Crippen molar-refractivity contribution in [3.63, 3.8) is 0 Å². The normalized spacial score (nSPS) is 54.9. The van der Waals surface area contributed by atoms with Gasteiger partial charge in [0, 0.05) is 0 Å². The Kier molecular flexibility index (Phi) is 2.02. The Bertz CT molecular complexity index is 188. The molecule has 0 bridgehead atoms. The minimum atomic E-state index is 0.758. The molecule has 0 radical (unpaired) electrons. The summed E-state index contributed by atoms with van der Waals surface area (Å²) in [7, 11) is 0. The maximum Gasteiger partial charge on any atom is -0.0189 e. The average molecular weight is 180 g/mol. The third-order valence-corrected chi connectivity index (χ3v) is 5.32. The van der Waals surface area contributed by atoms with Gasteiger partial charge in [-0.3, -0.25) is 0 Å². The molecule has 0 aromatic heterocycles. The molecule has 13 heavy (non-hydrogen) atoms. The molecule has 0 amide bonds. The third-order valence-electron chi connectivity index (χ3n) is 5.32. The van der Waals surface area contributed by atoms with Gasteiger partial charge in [0.2, 0.25) is 0 Å². The van der Waals surface area contributed by atoms with Crippen molar-refractivity contribution in [3.8, 4) is 0 Å². The molecule has 2 saturated carbocycles. The van der Waals surface area contributed by atoms with Crippen molar-refractivity contribution in [1.29, 1.82) is 0 Å². The van der Waals surface area contributed by atoms with E-state index in [-0.39, 0.29) is 0 Å². The second-order valence-electron chi connectivity index (χ2n) is 6.03. The van der Waals surface area contributed by atoms with E-state index >= 15 is 0 Å². The molecule has 0 heterocycles. The van der Waals surface area contributed by atoms with Crippen LogP contribution in [0.3, 0.4) is 0 Å². The minimum Gasteiger partial charge on any atom is -0.0625 e. The first-order valence-corrected chi connectivity index (χ1v) is 6.01. The van der Waals surface area contributed by atoms with E-state index in [2.05, 4.69) is 34.6 Å². The van der Waals surface area contributed by atoms with Gasteiger partial charge < -0.3 is 0 Å². The standard InChI is InChI=1S/C13H24/c1-8(2)12-7-11(5)13(12)9(3)6-10(13)4/h8-12H,6-7H2,1-5H3. The van der Waals surface area contributed by atoms with Gasteiger partial charge in [-0.1, -0.05) is 34.6 Å². The molecule has 0 heteroatoms. The smallest absolute Gasteiger partial charge is 0.0189 e. The van der Waals surface area contributed by atoms with Crippen molar-refractivity contribution in [3.05, 3.63) is 0 Å². The monoisotopic (exact) mass is 180 g/mol. The maximum absolute atomic E-state index is 2.48. The van der Waals surface area contributed by atoms with Gasteiger partial charge in [-0.05, 0) is 47.8 Å². The molecular weight excluding hydrogens is 156 g/mol. The molecular formula is C13H24. The highest BCUT2D eigenvalue weighted by atomic mass is 14.7. The van der Waals surface area contributed by atoms with Gasteiger partial charge in [-0.15, -0.1) is 0 Å². The molecule has 2 rings (SSSR count). The van der Waals surface area contributed by atoms with Crippen molar-refractivity contribution >= 4 is 0 Å². The zero-order chi connectivity index (χ0) is 9.80. The van der Waals surface area contributed by atoms with Crippen LogP contribution in [0.5, 0.6) is 0 Å². The summed E-state index contributed by atoms with van der Waals surface area (Å²) >= 11 is 0. The van der Waals surface area contributed by atoms with Gasteiger partial charge in [-0.2, -0.15) is 0 Å². The summed E-state index contributed by atoms with van der Waals surface area (Å²) in [5.74, 6) is 4.93. The molecule has 2 fully saturated rings. The van der Waals surface area contributed by atoms with Gasteiger partial charge in [0.05, 0.1) is 0 Å². The fourth-order valence-corrected chi connectivity index (χ4v) is 4.81. The summed E-state index contributed by atoms with van der Waals surface area (Å²) in [6.07, 6.45) is 2.97. The van der Waals surface area contributed by atoms with E-state index in [0.717, 1.165) is 35.0 Å². The van der Waals surface area contributed by atoms with Crippen molar-refractivity contribution in [2.24, 2.45) is 35.0 Å². The Hall–Kier alpha value is 0. The first-order chi connectivity index (χ1) is 6.01. The predicted octanol–water partition coefficient (Wildman–Crippen LogP) is 3.96. The lowest BCUT2D eigenvalue weighted by atomic mass is 9.35. The summed E-state index contributed by atoms with van der Waals surface area (Å²) < 4.78 is 0. The second-order valence-corrected chi connectivity index (χ2v) is 6.03. The van der Waals surface area contributed by atoms with Crippen molar-refractivity contribution in [1.82, 2.24) is 0 Å². The van der Waals surface area contributed by atoms with Crippen LogP contribution < -0.4 is 0 Å². The van der Waals surface area contributed by atoms with Crippen LogP contribution in [-0.2, 0) is 0 Å². The number of hydrogen-bond donors (Lipinski definition) is 0. The van der Waals surface area contributed by atoms with Crippen LogP contribution >= 0.6 is 0 Å². The Morgan fingerprint density at radius 3 is 1.62 bits per heavy atom. The van der Waals surface area contributed by atoms with Crippen LogP contribution in [0.15, 0.2) is 0 Å². The van der Waals surface area contributed by atoms with Crippen molar-refractivity contribution < 1.29 is 0 Å². The molecule has 2 aliphatic carbocycles. The lowest BCUT2D eigenvalue weighted by Gasteiger charge is -2.70. The molecule has 0 aromatic carbocycles. The summed E-state index contributed by atoms with van der Waals surface area (Å²) in [4.78, 5) is 0. The first-order valence-electron chi connectivity index (χ1n) is 6.01. The Morgan fingerprint density at radius 2 is 1.38 bits per heavy atom. The molecule has 0 aliphatic heterocycles. The Labute approximate surface area is 83.1 Å². The van der Waals surface area contributed by atoms with E-state index in [1.807, 2.05) is 0 Å². The highest BCUT2D eigenvalue weighted by molar-refractivity contribution is 5.12. The number of rotatable bonds is 1. The minimum absolute atomic E-state index is 0.758. The molecule has 76 valence electrons. The summed E-state index contributed by atoms with van der Waals surface area (Å²) in [5.41, 5.74) is 0.758. The highest BCUT2D eigenvalue weighted by Crippen LogP contribution is 2.70. The summed E-state index contributed by atoms with van der Waals surface area (Å²) in [6.45, 7) is 12.3. The molecule has 0 saturated heterocycles. The van der Waals surface area contributed by atoms with E-state index in [9.17, 15) is 0 Å². The quantitative estimate of drug-likeness (QED) is 0.573. The zero-order valence-corrected chi connectivity index (χ0v) is 9.80. The van der Waals surface area contributed by atoms with Gasteiger partial charge in [0.25, 0.3) is 0 Å². The van der Waals surface area contributed by atoms with Gasteiger partial charge >= 0.3 is 0 Å². The average Bonchev–Trinajstić information content (AvgIpc) is 1.98. The fourth-order valence-electron chi connectivity index (χ4n) is 4.81. The summed E-state index contributed by atoms with van der Waals surface area (Å²) in [5, 5.41) is 0. The fraction of sp³-hybridized carbons (Fsp3) is 1.00. The van der Waals surface area contributed by atoms with Crippen molar-refractivity contribution in [2.45, 2.75) is 47.5 Å². The maximum atomic E-state index is 2.48. The lowest BCUT2D eigenvalue weighted by molar-refractivity contribution is -0.217. The van der Waals surface area contributed by atoms with E-state index in [4.69, 9.17) is 0 Å². The lowest BCUT2D eigenvalue weighted by Crippen LogP contribution is -2.64. The second kappa shape index (κ2) is 2.74.